The molecule has 2 aromatic heterocycles. The van der Waals surface area contributed by atoms with Crippen molar-refractivity contribution in [3.05, 3.63) is 37.4 Å². The quantitative estimate of drug-likeness (QED) is 0.277. The molecule has 2 atom stereocenters. The molecule has 10 heteroatoms. The van der Waals surface area contributed by atoms with Crippen molar-refractivity contribution in [3.63, 3.8) is 0 Å². The number of aryl methyl sites for hydroxylation is 4. The highest BCUT2D eigenvalue weighted by atomic mass is 16.4. The maximum absolute atomic E-state index is 9.63. The van der Waals surface area contributed by atoms with Crippen LogP contribution in [-0.2, 0) is 36.8 Å². The number of aliphatic hydroxyl groups excluding tert-OH is 2. The lowest BCUT2D eigenvalue weighted by atomic mass is 10.2. The second kappa shape index (κ2) is 18.7. The van der Waals surface area contributed by atoms with Crippen LogP contribution in [0.1, 0.15) is 65.2 Å². The lowest BCUT2D eigenvalue weighted by Gasteiger charge is -2.18. The number of carbonyl (C=O) groups is 2. The second-order valence-corrected chi connectivity index (χ2v) is 8.28. The largest absolute Gasteiger partial charge is 0.547 e. The Morgan fingerprint density at radius 2 is 1.09 bits per heavy atom. The first-order valence-corrected chi connectivity index (χ1v) is 11.9. The molecule has 0 radical (unpaired) electrons. The Morgan fingerprint density at radius 1 is 0.735 bits per heavy atom. The monoisotopic (exact) mass is 482 g/mol. The third kappa shape index (κ3) is 15.2. The van der Waals surface area contributed by atoms with E-state index >= 15 is 0 Å². The zero-order chi connectivity index (χ0) is 25.9. The van der Waals surface area contributed by atoms with Gasteiger partial charge in [-0.05, 0) is 25.7 Å². The molecule has 0 spiro atoms. The van der Waals surface area contributed by atoms with Crippen LogP contribution in [0, 0.1) is 0 Å². The highest BCUT2D eigenvalue weighted by molar-refractivity contribution is 5.80. The fraction of sp³-hybridized carbons (Fsp3) is 0.667. The number of aliphatic carboxylic acids is 2. The molecule has 194 valence electrons. The van der Waals surface area contributed by atoms with E-state index in [0.717, 1.165) is 0 Å². The second-order valence-electron chi connectivity index (χ2n) is 8.28. The van der Waals surface area contributed by atoms with Gasteiger partial charge in [0.2, 0.25) is 12.7 Å². The summed E-state index contributed by atoms with van der Waals surface area (Å²) >= 11 is 0. The predicted octanol–water partition coefficient (Wildman–Crippen LogP) is -1.01. The number of nitrogens with zero attached hydrogens (tertiary/aromatic N) is 4. The van der Waals surface area contributed by atoms with Crippen molar-refractivity contribution < 1.29 is 39.1 Å². The Hall–Kier alpha value is -2.72. The van der Waals surface area contributed by atoms with Crippen molar-refractivity contribution in [1.82, 2.24) is 9.13 Å². The summed E-state index contributed by atoms with van der Waals surface area (Å²) in [6.45, 7) is 6.83. The van der Waals surface area contributed by atoms with Crippen LogP contribution in [0.2, 0.25) is 0 Å². The number of hydrogen-bond acceptors (Lipinski definition) is 6. The summed E-state index contributed by atoms with van der Waals surface area (Å²) in [5.74, 6) is -4.12. The Kier molecular flexibility index (Phi) is 17.2. The van der Waals surface area contributed by atoms with Gasteiger partial charge in [-0.1, -0.05) is 39.5 Å². The van der Waals surface area contributed by atoms with Gasteiger partial charge in [0.25, 0.3) is 0 Å². The molecular formula is C24H42N4O6. The number of aromatic nitrogens is 4. The average molecular weight is 483 g/mol. The van der Waals surface area contributed by atoms with Gasteiger partial charge in [-0.3, -0.25) is 0 Å². The summed E-state index contributed by atoms with van der Waals surface area (Å²) in [7, 11) is 4.12. The van der Waals surface area contributed by atoms with Crippen LogP contribution in [0.4, 0.5) is 0 Å². The van der Waals surface area contributed by atoms with Crippen LogP contribution in [0.3, 0.4) is 0 Å². The smallest absolute Gasteiger partial charge is 0.243 e. The van der Waals surface area contributed by atoms with Crippen molar-refractivity contribution in [1.29, 1.82) is 0 Å². The standard InChI is InChI=1S/2C10H19N2.C4H6O6/c2*1-3-4-5-6-7-12-9-8-11(2)10-12;5-1(3(7)8)2(6)4(9)10/h2*8-10H,3-7H2,1-2H3;1-2,5-6H,(H,7,8)(H,9,10)/q2*+1;/p-2/t;;1-,2-/m..1/s1. The van der Waals surface area contributed by atoms with E-state index in [2.05, 4.69) is 83.7 Å². The number of imidazole rings is 2. The van der Waals surface area contributed by atoms with Crippen molar-refractivity contribution in [2.75, 3.05) is 0 Å². The Morgan fingerprint density at radius 3 is 1.32 bits per heavy atom. The van der Waals surface area contributed by atoms with Crippen LogP contribution < -0.4 is 19.3 Å². The zero-order valence-electron chi connectivity index (χ0n) is 21.0. The van der Waals surface area contributed by atoms with Crippen LogP contribution >= 0.6 is 0 Å². The van der Waals surface area contributed by atoms with Crippen molar-refractivity contribution >= 4 is 11.9 Å². The van der Waals surface area contributed by atoms with Gasteiger partial charge in [0, 0.05) is 0 Å². The highest BCUT2D eigenvalue weighted by Crippen LogP contribution is 2.01. The molecule has 0 unspecified atom stereocenters. The first-order valence-electron chi connectivity index (χ1n) is 11.9. The normalized spacial score (nSPS) is 12.1. The third-order valence-electron chi connectivity index (χ3n) is 4.97. The number of carbonyl (C=O) groups excluding carboxylic acids is 2. The minimum absolute atomic E-state index is 1.17. The van der Waals surface area contributed by atoms with Crippen LogP contribution in [0.5, 0.6) is 0 Å². The lowest BCUT2D eigenvalue weighted by Crippen LogP contribution is -2.51. The molecular weight excluding hydrogens is 440 g/mol. The molecule has 2 aromatic rings. The van der Waals surface area contributed by atoms with Crippen LogP contribution in [0.15, 0.2) is 37.4 Å². The van der Waals surface area contributed by atoms with E-state index in [4.69, 9.17) is 10.2 Å². The summed E-state index contributed by atoms with van der Waals surface area (Å²) in [4.78, 5) is 19.3. The van der Waals surface area contributed by atoms with E-state index in [1.807, 2.05) is 0 Å². The molecule has 0 aromatic carbocycles. The fourth-order valence-corrected chi connectivity index (χ4v) is 2.97. The number of hydrogen-bond donors (Lipinski definition) is 2. The topological polar surface area (TPSA) is 138 Å². The molecule has 0 aliphatic rings. The molecule has 0 amide bonds. The molecule has 34 heavy (non-hydrogen) atoms. The van der Waals surface area contributed by atoms with Gasteiger partial charge in [-0.25, -0.2) is 18.3 Å². The van der Waals surface area contributed by atoms with Crippen molar-refractivity contribution in [2.45, 2.75) is 90.5 Å². The SMILES string of the molecule is CCCCCCn1cc[n+](C)c1.CCCCCCn1cc[n+](C)c1.O=C([O-])[C@H](O)[C@@H](O)C(=O)[O-]. The predicted molar refractivity (Wildman–Crippen MR) is 122 cm³/mol. The number of aliphatic hydroxyl groups is 2. The van der Waals surface area contributed by atoms with Gasteiger partial charge in [-0.2, -0.15) is 0 Å². The number of rotatable bonds is 13. The van der Waals surface area contributed by atoms with Crippen LogP contribution in [0.25, 0.3) is 0 Å². The van der Waals surface area contributed by atoms with E-state index in [1.54, 1.807) is 0 Å². The van der Waals surface area contributed by atoms with Crippen molar-refractivity contribution in [3.8, 4) is 0 Å². The molecule has 0 bridgehead atoms. The van der Waals surface area contributed by atoms with Gasteiger partial charge >= 0.3 is 0 Å². The minimum Gasteiger partial charge on any atom is -0.547 e. The lowest BCUT2D eigenvalue weighted by molar-refractivity contribution is -0.671. The molecule has 2 N–H and O–H groups in total. The van der Waals surface area contributed by atoms with E-state index in [1.165, 1.54) is 64.5 Å². The Labute approximate surface area is 202 Å². The summed E-state index contributed by atoms with van der Waals surface area (Å²) in [6.07, 6.45) is 18.5. The fourth-order valence-electron chi connectivity index (χ4n) is 2.97. The Balaban J connectivity index is 0.000000484. The molecule has 0 aliphatic carbocycles. The highest BCUT2D eigenvalue weighted by Gasteiger charge is 2.17. The molecule has 0 saturated carbocycles. The van der Waals surface area contributed by atoms with Gasteiger partial charge in [0.05, 0.1) is 39.1 Å². The van der Waals surface area contributed by atoms with Crippen molar-refractivity contribution in [2.24, 2.45) is 14.1 Å². The number of carboxylic acid groups (broad SMARTS) is 2. The molecule has 0 saturated heterocycles. The number of carboxylic acids is 2. The zero-order valence-corrected chi connectivity index (χ0v) is 21.0. The number of unbranched alkanes of at least 4 members (excludes halogenated alkanes) is 6. The average Bonchev–Trinajstić information content (AvgIpc) is 3.41. The summed E-state index contributed by atoms with van der Waals surface area (Å²) in [5, 5.41) is 35.7. The maximum atomic E-state index is 9.63. The van der Waals surface area contributed by atoms with Gasteiger partial charge < -0.3 is 30.0 Å². The van der Waals surface area contributed by atoms with Crippen LogP contribution in [-0.4, -0.2) is 43.5 Å². The van der Waals surface area contributed by atoms with Gasteiger partial charge in [-0.15, -0.1) is 0 Å². The first-order chi connectivity index (χ1) is 16.1. The third-order valence-corrected chi connectivity index (χ3v) is 4.97. The summed E-state index contributed by atoms with van der Waals surface area (Å²) in [6, 6.07) is 0. The van der Waals surface area contributed by atoms with E-state index in [0.29, 0.717) is 0 Å². The molecule has 10 nitrogen and oxygen atoms in total. The summed E-state index contributed by atoms with van der Waals surface area (Å²) < 4.78 is 8.66. The van der Waals surface area contributed by atoms with E-state index in [9.17, 15) is 19.8 Å². The molecule has 2 rings (SSSR count). The minimum atomic E-state index is -2.44. The first kappa shape index (κ1) is 31.3. The summed E-state index contributed by atoms with van der Waals surface area (Å²) in [5.41, 5.74) is 0. The molecule has 0 aliphatic heterocycles. The van der Waals surface area contributed by atoms with Gasteiger partial charge in [0.1, 0.15) is 37.0 Å². The van der Waals surface area contributed by atoms with E-state index < -0.39 is 24.1 Å². The van der Waals surface area contributed by atoms with Gasteiger partial charge in [0.15, 0.2) is 0 Å². The van der Waals surface area contributed by atoms with E-state index in [-0.39, 0.29) is 0 Å². The molecule has 2 heterocycles. The molecule has 0 fully saturated rings. The maximum Gasteiger partial charge on any atom is 0.243 e. The Bertz CT molecular complexity index is 739.